The van der Waals surface area contributed by atoms with Crippen LogP contribution >= 0.6 is 0 Å². The van der Waals surface area contributed by atoms with Crippen LogP contribution in [0.4, 0.5) is 5.95 Å². The van der Waals surface area contributed by atoms with Gasteiger partial charge in [0.2, 0.25) is 12.4 Å². The molecule has 21 heavy (non-hydrogen) atoms. The molecule has 3 aromatic heterocycles. The lowest BCUT2D eigenvalue weighted by molar-refractivity contribution is -0.0515. The molecule has 3 heterocycles. The Morgan fingerprint density at radius 1 is 1.52 bits per heavy atom. The standard InChI is InChI=1S/C13H12N4O4/c1-20-13(19)15-12-14-10(9-3-2-5-17(9)16-12)11-8(7-18)4-6-21-11/h2-7,13,19H,1H3,(H,15,16). The first-order chi connectivity index (χ1) is 10.2. The van der Waals surface area contributed by atoms with Crippen LogP contribution in [0.15, 0.2) is 35.1 Å². The quantitative estimate of drug-likeness (QED) is 0.536. The van der Waals surface area contributed by atoms with Crippen molar-refractivity contribution in [3.05, 3.63) is 36.2 Å². The van der Waals surface area contributed by atoms with Crippen molar-refractivity contribution in [2.75, 3.05) is 12.4 Å². The Balaban J connectivity index is 2.16. The summed E-state index contributed by atoms with van der Waals surface area (Å²) in [5.41, 5.74) is 1.49. The second-order valence-electron chi connectivity index (χ2n) is 4.18. The van der Waals surface area contributed by atoms with E-state index in [1.54, 1.807) is 28.9 Å². The van der Waals surface area contributed by atoms with Gasteiger partial charge in [0.1, 0.15) is 5.69 Å². The monoisotopic (exact) mass is 288 g/mol. The largest absolute Gasteiger partial charge is 0.462 e. The molecule has 0 bridgehead atoms. The second kappa shape index (κ2) is 5.35. The molecule has 3 rings (SSSR count). The lowest BCUT2D eigenvalue weighted by Crippen LogP contribution is -2.22. The van der Waals surface area contributed by atoms with Crippen molar-refractivity contribution in [3.8, 4) is 11.5 Å². The molecule has 8 nitrogen and oxygen atoms in total. The molecular formula is C13H12N4O4. The molecule has 0 amide bonds. The van der Waals surface area contributed by atoms with Crippen LogP contribution in [-0.2, 0) is 4.74 Å². The number of carbonyl (C=O) groups excluding carboxylic acids is 1. The Labute approximate surface area is 119 Å². The van der Waals surface area contributed by atoms with Gasteiger partial charge >= 0.3 is 0 Å². The number of aldehydes is 1. The third-order valence-electron chi connectivity index (χ3n) is 2.90. The summed E-state index contributed by atoms with van der Waals surface area (Å²) >= 11 is 0. The minimum absolute atomic E-state index is 0.135. The first-order valence-electron chi connectivity index (χ1n) is 6.09. The van der Waals surface area contributed by atoms with E-state index >= 15 is 0 Å². The van der Waals surface area contributed by atoms with Crippen LogP contribution in [0.2, 0.25) is 0 Å². The van der Waals surface area contributed by atoms with Crippen molar-refractivity contribution >= 4 is 17.8 Å². The van der Waals surface area contributed by atoms with E-state index in [9.17, 15) is 9.90 Å². The highest BCUT2D eigenvalue weighted by Gasteiger charge is 2.17. The average Bonchev–Trinajstić information content (AvgIpc) is 3.14. The van der Waals surface area contributed by atoms with Gasteiger partial charge in [-0.2, -0.15) is 0 Å². The van der Waals surface area contributed by atoms with Crippen LogP contribution in [-0.4, -0.2) is 39.5 Å². The van der Waals surface area contributed by atoms with Gasteiger partial charge in [0.15, 0.2) is 12.0 Å². The van der Waals surface area contributed by atoms with E-state index < -0.39 is 6.41 Å². The van der Waals surface area contributed by atoms with Gasteiger partial charge in [-0.25, -0.2) is 9.50 Å². The van der Waals surface area contributed by atoms with Gasteiger partial charge in [0.25, 0.3) is 0 Å². The molecule has 0 aliphatic heterocycles. The number of rotatable bonds is 5. The van der Waals surface area contributed by atoms with Gasteiger partial charge in [0, 0.05) is 13.3 Å². The number of methoxy groups -OCH3 is 1. The summed E-state index contributed by atoms with van der Waals surface area (Å²) in [4.78, 5) is 15.3. The smallest absolute Gasteiger partial charge is 0.245 e. The number of aliphatic hydroxyl groups excluding tert-OH is 1. The minimum Gasteiger partial charge on any atom is -0.462 e. The summed E-state index contributed by atoms with van der Waals surface area (Å²) in [5.74, 6) is 0.474. The third-order valence-corrected chi connectivity index (χ3v) is 2.90. The molecule has 3 aromatic rings. The fraction of sp³-hybridized carbons (Fsp3) is 0.154. The van der Waals surface area contributed by atoms with Crippen LogP contribution in [0.25, 0.3) is 17.0 Å². The summed E-state index contributed by atoms with van der Waals surface area (Å²) in [5, 5.41) is 16.2. The number of carbonyl (C=O) groups is 1. The van der Waals surface area contributed by atoms with E-state index in [1.807, 2.05) is 0 Å². The number of nitrogens with zero attached hydrogens (tertiary/aromatic N) is 3. The Bertz CT molecular complexity index is 779. The van der Waals surface area contributed by atoms with Gasteiger partial charge in [-0.15, -0.1) is 5.10 Å². The Kier molecular flexibility index (Phi) is 3.38. The maximum atomic E-state index is 11.1. The number of furan rings is 1. The molecule has 0 aromatic carbocycles. The van der Waals surface area contributed by atoms with E-state index in [1.165, 1.54) is 13.4 Å². The van der Waals surface area contributed by atoms with Crippen LogP contribution in [0, 0.1) is 0 Å². The number of anilines is 1. The fourth-order valence-electron chi connectivity index (χ4n) is 1.94. The van der Waals surface area contributed by atoms with Crippen LogP contribution in [0.3, 0.4) is 0 Å². The molecule has 8 heteroatoms. The highest BCUT2D eigenvalue weighted by Crippen LogP contribution is 2.27. The van der Waals surface area contributed by atoms with Crippen molar-refractivity contribution < 1.29 is 19.1 Å². The topological polar surface area (TPSA) is 102 Å². The molecule has 1 atom stereocenters. The zero-order valence-corrected chi connectivity index (χ0v) is 11.1. The van der Waals surface area contributed by atoms with Gasteiger partial charge in [-0.1, -0.05) is 0 Å². The van der Waals surface area contributed by atoms with Crippen molar-refractivity contribution in [1.29, 1.82) is 0 Å². The zero-order chi connectivity index (χ0) is 14.8. The van der Waals surface area contributed by atoms with E-state index in [0.717, 1.165) is 0 Å². The molecule has 0 radical (unpaired) electrons. The molecule has 1 unspecified atom stereocenters. The van der Waals surface area contributed by atoms with Crippen molar-refractivity contribution in [2.24, 2.45) is 0 Å². The van der Waals surface area contributed by atoms with Crippen molar-refractivity contribution in [1.82, 2.24) is 14.6 Å². The number of ether oxygens (including phenoxy) is 1. The van der Waals surface area contributed by atoms with Gasteiger partial charge in [-0.3, -0.25) is 4.79 Å². The number of hydrogen-bond acceptors (Lipinski definition) is 7. The molecule has 0 fully saturated rings. The SMILES string of the molecule is COC(O)Nc1nc(-c2occc2C=O)c2cccn2n1. The Morgan fingerprint density at radius 2 is 2.38 bits per heavy atom. The maximum absolute atomic E-state index is 11.1. The highest BCUT2D eigenvalue weighted by atomic mass is 16.6. The lowest BCUT2D eigenvalue weighted by atomic mass is 10.2. The number of aromatic nitrogens is 3. The Hall–Kier alpha value is -2.71. The highest BCUT2D eigenvalue weighted by molar-refractivity contribution is 5.88. The van der Waals surface area contributed by atoms with Crippen LogP contribution < -0.4 is 5.32 Å². The number of hydrogen-bond donors (Lipinski definition) is 2. The predicted molar refractivity (Wildman–Crippen MR) is 72.7 cm³/mol. The number of nitrogens with one attached hydrogen (secondary N) is 1. The summed E-state index contributed by atoms with van der Waals surface area (Å²) in [7, 11) is 1.34. The zero-order valence-electron chi connectivity index (χ0n) is 11.1. The fourth-order valence-corrected chi connectivity index (χ4v) is 1.94. The normalized spacial score (nSPS) is 12.5. The molecule has 0 spiro atoms. The Morgan fingerprint density at radius 3 is 3.14 bits per heavy atom. The van der Waals surface area contributed by atoms with Gasteiger partial charge in [-0.05, 0) is 18.2 Å². The number of aliphatic hydroxyl groups is 1. The van der Waals surface area contributed by atoms with E-state index in [2.05, 4.69) is 15.4 Å². The molecule has 0 saturated carbocycles. The van der Waals surface area contributed by atoms with E-state index in [-0.39, 0.29) is 5.95 Å². The molecule has 0 aliphatic carbocycles. The summed E-state index contributed by atoms with van der Waals surface area (Å²) in [6, 6.07) is 5.14. The van der Waals surface area contributed by atoms with Gasteiger partial charge in [0.05, 0.1) is 17.3 Å². The number of fused-ring (bicyclic) bond motifs is 1. The van der Waals surface area contributed by atoms with Gasteiger partial charge < -0.3 is 19.6 Å². The molecular weight excluding hydrogens is 276 g/mol. The molecule has 0 aliphatic rings. The van der Waals surface area contributed by atoms with E-state index in [4.69, 9.17) is 9.15 Å². The minimum atomic E-state index is -1.24. The molecule has 108 valence electrons. The van der Waals surface area contributed by atoms with Crippen molar-refractivity contribution in [2.45, 2.75) is 6.41 Å². The third kappa shape index (κ3) is 2.37. The van der Waals surface area contributed by atoms with Crippen molar-refractivity contribution in [3.63, 3.8) is 0 Å². The predicted octanol–water partition coefficient (Wildman–Crippen LogP) is 1.14. The lowest BCUT2D eigenvalue weighted by Gasteiger charge is -2.11. The average molecular weight is 288 g/mol. The molecule has 2 N–H and O–H groups in total. The first kappa shape index (κ1) is 13.3. The first-order valence-corrected chi connectivity index (χ1v) is 6.09. The van der Waals surface area contributed by atoms with E-state index in [0.29, 0.717) is 28.8 Å². The second-order valence-corrected chi connectivity index (χ2v) is 4.18. The van der Waals surface area contributed by atoms with Crippen LogP contribution in [0.1, 0.15) is 10.4 Å². The maximum Gasteiger partial charge on any atom is 0.245 e. The summed E-state index contributed by atoms with van der Waals surface area (Å²) in [6.07, 6.45) is 2.58. The van der Waals surface area contributed by atoms with Crippen LogP contribution in [0.5, 0.6) is 0 Å². The molecule has 0 saturated heterocycles. The summed E-state index contributed by atoms with van der Waals surface area (Å²) < 4.78 is 11.6. The summed E-state index contributed by atoms with van der Waals surface area (Å²) in [6.45, 7) is 0.